The van der Waals surface area contributed by atoms with E-state index in [1.54, 1.807) is 0 Å². The van der Waals surface area contributed by atoms with E-state index in [4.69, 9.17) is 4.42 Å². The first-order valence-corrected chi connectivity index (χ1v) is 15.1. The van der Waals surface area contributed by atoms with Crippen molar-refractivity contribution in [2.45, 2.75) is 43.9 Å². The van der Waals surface area contributed by atoms with E-state index in [2.05, 4.69) is 141 Å². The molecule has 0 spiro atoms. The van der Waals surface area contributed by atoms with Crippen molar-refractivity contribution in [2.24, 2.45) is 0 Å². The van der Waals surface area contributed by atoms with Crippen molar-refractivity contribution in [1.29, 1.82) is 0 Å². The van der Waals surface area contributed by atoms with Crippen LogP contribution in [0, 0.1) is 0 Å². The molecule has 1 heteroatoms. The Morgan fingerprint density at radius 2 is 1.38 bits per heavy atom. The van der Waals surface area contributed by atoms with E-state index in [1.165, 1.54) is 61.2 Å². The minimum Gasteiger partial charge on any atom is -0.468 e. The van der Waals surface area contributed by atoms with Gasteiger partial charge in [0.05, 0.1) is 6.26 Å². The Hall–Kier alpha value is -4.62. The molecule has 1 unspecified atom stereocenters. The van der Waals surface area contributed by atoms with Gasteiger partial charge < -0.3 is 4.42 Å². The van der Waals surface area contributed by atoms with Gasteiger partial charge in [-0.3, -0.25) is 0 Å². The number of furan rings is 1. The Balaban J connectivity index is 1.13. The molecule has 0 fully saturated rings. The number of benzene rings is 5. The molecule has 1 heterocycles. The molecule has 0 saturated carbocycles. The average molecular weight is 543 g/mol. The molecule has 204 valence electrons. The predicted octanol–water partition coefficient (Wildman–Crippen LogP) is 10.3. The Bertz CT molecular complexity index is 1850. The molecule has 0 radical (unpaired) electrons. The van der Waals surface area contributed by atoms with Crippen LogP contribution in [0.2, 0.25) is 0 Å². The summed E-state index contributed by atoms with van der Waals surface area (Å²) in [6.45, 7) is 4.60. The molecule has 6 aromatic rings. The molecule has 8 rings (SSSR count). The van der Waals surface area contributed by atoms with Gasteiger partial charge in [0.2, 0.25) is 0 Å². The van der Waals surface area contributed by atoms with Crippen LogP contribution in [0.3, 0.4) is 0 Å². The maximum atomic E-state index is 6.07. The number of hydrogen-bond donors (Lipinski definition) is 0. The Kier molecular flexibility index (Phi) is 5.82. The van der Waals surface area contributed by atoms with E-state index < -0.39 is 0 Å². The lowest BCUT2D eigenvalue weighted by Crippen LogP contribution is -2.31. The first-order valence-electron chi connectivity index (χ1n) is 15.1. The molecule has 2 aliphatic rings. The van der Waals surface area contributed by atoms with Crippen LogP contribution >= 0.6 is 0 Å². The van der Waals surface area contributed by atoms with Gasteiger partial charge in [0, 0.05) is 22.8 Å². The number of rotatable bonds is 5. The summed E-state index contributed by atoms with van der Waals surface area (Å²) in [6.07, 6.45) is 3.87. The van der Waals surface area contributed by atoms with Gasteiger partial charge in [-0.15, -0.1) is 0 Å². The zero-order chi connectivity index (χ0) is 28.3. The van der Waals surface area contributed by atoms with E-state index in [0.717, 1.165) is 18.6 Å². The van der Waals surface area contributed by atoms with E-state index in [-0.39, 0.29) is 5.41 Å². The molecule has 0 bridgehead atoms. The van der Waals surface area contributed by atoms with Crippen LogP contribution in [0.1, 0.15) is 70.4 Å². The van der Waals surface area contributed by atoms with Crippen LogP contribution < -0.4 is 0 Å². The minimum atomic E-state index is -0.136. The zero-order valence-electron chi connectivity index (χ0n) is 24.2. The molecular weight excluding hydrogens is 508 g/mol. The highest BCUT2D eigenvalue weighted by molar-refractivity contribution is 5.82. The number of hydrogen-bond acceptors (Lipinski definition) is 1. The molecule has 0 saturated heterocycles. The second kappa shape index (κ2) is 9.74. The molecule has 0 N–H and O–H groups in total. The molecule has 1 atom stereocenters. The lowest BCUT2D eigenvalue weighted by Gasteiger charge is -2.40. The summed E-state index contributed by atoms with van der Waals surface area (Å²) in [5.41, 5.74) is 14.9. The standard InChI is InChI=1S/C41H34O/c1-41(2)38-15-9-14-33-36-25-31(20-21-32(36)26-37(39(33)38)34-22-23-42-40(34)41)28-18-16-27(17-19-28)24-35(29-10-5-3-6-11-29)30-12-7-4-8-13-30/h3-23,25,35,37H,24,26H2,1-2H3. The first-order chi connectivity index (χ1) is 20.6. The minimum absolute atomic E-state index is 0.136. The zero-order valence-corrected chi connectivity index (χ0v) is 24.2. The fourth-order valence-corrected chi connectivity index (χ4v) is 7.58. The van der Waals surface area contributed by atoms with Crippen molar-refractivity contribution in [1.82, 2.24) is 0 Å². The SMILES string of the molecule is CC1(C)c2cccc3c2C(Cc2ccc(-c4ccc(CC(c5ccccc5)c5ccccc5)cc4)cc2-3)c2ccoc21. The van der Waals surface area contributed by atoms with Gasteiger partial charge in [-0.2, -0.15) is 0 Å². The van der Waals surface area contributed by atoms with Gasteiger partial charge in [0.25, 0.3) is 0 Å². The third kappa shape index (κ3) is 3.99. The van der Waals surface area contributed by atoms with Crippen molar-refractivity contribution in [3.8, 4) is 22.3 Å². The van der Waals surface area contributed by atoms with Crippen LogP contribution in [-0.2, 0) is 18.3 Å². The van der Waals surface area contributed by atoms with Crippen molar-refractivity contribution >= 4 is 0 Å². The van der Waals surface area contributed by atoms with Gasteiger partial charge >= 0.3 is 0 Å². The fraction of sp³-hybridized carbons (Fsp3) is 0.171. The van der Waals surface area contributed by atoms with Crippen LogP contribution in [0.15, 0.2) is 138 Å². The molecule has 42 heavy (non-hydrogen) atoms. The average Bonchev–Trinajstić information content (AvgIpc) is 3.55. The lowest BCUT2D eigenvalue weighted by molar-refractivity contribution is 0.409. The third-order valence-electron chi connectivity index (χ3n) is 9.72. The summed E-state index contributed by atoms with van der Waals surface area (Å²) in [5.74, 6) is 1.82. The maximum absolute atomic E-state index is 6.07. The highest BCUT2D eigenvalue weighted by Crippen LogP contribution is 2.54. The summed E-state index contributed by atoms with van der Waals surface area (Å²) in [6, 6.07) is 47.2. The van der Waals surface area contributed by atoms with Gasteiger partial charge in [-0.1, -0.05) is 115 Å². The van der Waals surface area contributed by atoms with Gasteiger partial charge in [-0.25, -0.2) is 0 Å². The van der Waals surface area contributed by atoms with Crippen molar-refractivity contribution < 1.29 is 4.42 Å². The predicted molar refractivity (Wildman–Crippen MR) is 172 cm³/mol. The second-order valence-electron chi connectivity index (χ2n) is 12.5. The second-order valence-corrected chi connectivity index (χ2v) is 12.5. The third-order valence-corrected chi connectivity index (χ3v) is 9.72. The van der Waals surface area contributed by atoms with E-state index in [0.29, 0.717) is 11.8 Å². The monoisotopic (exact) mass is 542 g/mol. The number of fused-ring (bicyclic) bond motifs is 4. The summed E-state index contributed by atoms with van der Waals surface area (Å²) in [4.78, 5) is 0. The van der Waals surface area contributed by atoms with Crippen LogP contribution in [-0.4, -0.2) is 0 Å². The van der Waals surface area contributed by atoms with Gasteiger partial charge in [0.1, 0.15) is 5.76 Å². The lowest BCUT2D eigenvalue weighted by atomic mass is 9.63. The molecule has 0 aliphatic heterocycles. The normalized spacial score (nSPS) is 16.0. The maximum Gasteiger partial charge on any atom is 0.117 e. The van der Waals surface area contributed by atoms with Gasteiger partial charge in [0.15, 0.2) is 0 Å². The Morgan fingerprint density at radius 3 is 2.10 bits per heavy atom. The smallest absolute Gasteiger partial charge is 0.117 e. The van der Waals surface area contributed by atoms with Crippen molar-refractivity contribution in [3.05, 3.63) is 178 Å². The van der Waals surface area contributed by atoms with E-state index in [9.17, 15) is 0 Å². The summed E-state index contributed by atoms with van der Waals surface area (Å²) in [5, 5.41) is 0. The van der Waals surface area contributed by atoms with Crippen LogP contribution in [0.5, 0.6) is 0 Å². The Morgan fingerprint density at radius 1 is 0.690 bits per heavy atom. The van der Waals surface area contributed by atoms with Crippen LogP contribution in [0.25, 0.3) is 22.3 Å². The summed E-state index contributed by atoms with van der Waals surface area (Å²) < 4.78 is 6.07. The fourth-order valence-electron chi connectivity index (χ4n) is 7.58. The largest absolute Gasteiger partial charge is 0.468 e. The van der Waals surface area contributed by atoms with Crippen molar-refractivity contribution in [2.75, 3.05) is 0 Å². The molecule has 1 aromatic heterocycles. The van der Waals surface area contributed by atoms with E-state index in [1.807, 2.05) is 6.26 Å². The molecule has 5 aromatic carbocycles. The van der Waals surface area contributed by atoms with Gasteiger partial charge in [-0.05, 0) is 94.5 Å². The molecular formula is C41H34O. The van der Waals surface area contributed by atoms with Crippen molar-refractivity contribution in [3.63, 3.8) is 0 Å². The van der Waals surface area contributed by atoms with E-state index >= 15 is 0 Å². The molecule has 1 nitrogen and oxygen atoms in total. The highest BCUT2D eigenvalue weighted by atomic mass is 16.3. The summed E-state index contributed by atoms with van der Waals surface area (Å²) >= 11 is 0. The highest BCUT2D eigenvalue weighted by Gasteiger charge is 2.43. The van der Waals surface area contributed by atoms with Crippen LogP contribution in [0.4, 0.5) is 0 Å². The quantitative estimate of drug-likeness (QED) is 0.211. The topological polar surface area (TPSA) is 13.1 Å². The first kappa shape index (κ1) is 25.1. The molecule has 2 aliphatic carbocycles. The summed E-state index contributed by atoms with van der Waals surface area (Å²) in [7, 11) is 0. The molecule has 0 amide bonds. The Labute approximate surface area is 248 Å².